The number of ketones is 1. The fourth-order valence-electron chi connectivity index (χ4n) is 1.89. The van der Waals surface area contributed by atoms with Gasteiger partial charge in [0.05, 0.1) is 5.71 Å². The monoisotopic (exact) mass is 281 g/mol. The standard InChI is InChI=1S/C13H12FNO5/c14-10-3-7(1-2-12(10)17)11-6-9(20-15-11)4-8(16)5-13(18)19/h1-3,9,17H,4-6H2,(H,18,19). The Morgan fingerprint density at radius 1 is 1.45 bits per heavy atom. The quantitative estimate of drug-likeness (QED) is 0.796. The Labute approximate surface area is 113 Å². The van der Waals surface area contributed by atoms with Gasteiger partial charge in [-0.3, -0.25) is 9.59 Å². The number of carboxylic acid groups (broad SMARTS) is 1. The first-order chi connectivity index (χ1) is 9.45. The average molecular weight is 281 g/mol. The van der Waals surface area contributed by atoms with Gasteiger partial charge < -0.3 is 15.1 Å². The molecule has 0 amide bonds. The molecule has 1 aromatic carbocycles. The van der Waals surface area contributed by atoms with E-state index in [1.807, 2.05) is 0 Å². The number of phenols is 1. The Bertz CT molecular complexity index is 584. The highest BCUT2D eigenvalue weighted by molar-refractivity contribution is 6.02. The normalized spacial score (nSPS) is 17.4. The van der Waals surface area contributed by atoms with Gasteiger partial charge in [-0.25, -0.2) is 4.39 Å². The van der Waals surface area contributed by atoms with Crippen molar-refractivity contribution in [1.29, 1.82) is 0 Å². The Hall–Kier alpha value is -2.44. The summed E-state index contributed by atoms with van der Waals surface area (Å²) in [5, 5.41) is 21.3. The predicted molar refractivity (Wildman–Crippen MR) is 66.0 cm³/mol. The maximum Gasteiger partial charge on any atom is 0.310 e. The Morgan fingerprint density at radius 2 is 2.20 bits per heavy atom. The number of rotatable bonds is 5. The smallest absolute Gasteiger partial charge is 0.310 e. The van der Waals surface area contributed by atoms with Gasteiger partial charge in [0, 0.05) is 18.4 Å². The van der Waals surface area contributed by atoms with Gasteiger partial charge in [0.25, 0.3) is 0 Å². The van der Waals surface area contributed by atoms with Crippen LogP contribution in [0.2, 0.25) is 0 Å². The van der Waals surface area contributed by atoms with Crippen LogP contribution in [0.5, 0.6) is 5.75 Å². The first-order valence-corrected chi connectivity index (χ1v) is 5.91. The number of carbonyl (C=O) groups is 2. The second-order valence-corrected chi connectivity index (χ2v) is 4.45. The van der Waals surface area contributed by atoms with E-state index < -0.39 is 35.8 Å². The third-order valence-electron chi connectivity index (χ3n) is 2.82. The number of aliphatic carboxylic acids is 1. The molecule has 0 spiro atoms. The van der Waals surface area contributed by atoms with Crippen LogP contribution in [0.25, 0.3) is 0 Å². The summed E-state index contributed by atoms with van der Waals surface area (Å²) >= 11 is 0. The van der Waals surface area contributed by atoms with E-state index in [0.29, 0.717) is 11.3 Å². The zero-order chi connectivity index (χ0) is 14.7. The van der Waals surface area contributed by atoms with Crippen LogP contribution in [-0.4, -0.2) is 33.8 Å². The summed E-state index contributed by atoms with van der Waals surface area (Å²) in [6, 6.07) is 3.82. The molecule has 6 nitrogen and oxygen atoms in total. The highest BCUT2D eigenvalue weighted by Gasteiger charge is 2.25. The van der Waals surface area contributed by atoms with Gasteiger partial charge in [-0.05, 0) is 18.2 Å². The van der Waals surface area contributed by atoms with Crippen LogP contribution in [0.3, 0.4) is 0 Å². The molecule has 20 heavy (non-hydrogen) atoms. The van der Waals surface area contributed by atoms with Gasteiger partial charge in [-0.2, -0.15) is 0 Å². The van der Waals surface area contributed by atoms with E-state index >= 15 is 0 Å². The number of hydrogen-bond acceptors (Lipinski definition) is 5. The zero-order valence-electron chi connectivity index (χ0n) is 10.4. The lowest BCUT2D eigenvalue weighted by molar-refractivity contribution is -0.140. The number of aromatic hydroxyl groups is 1. The predicted octanol–water partition coefficient (Wildman–Crippen LogP) is 1.46. The lowest BCUT2D eigenvalue weighted by Gasteiger charge is -2.05. The van der Waals surface area contributed by atoms with Gasteiger partial charge in [0.1, 0.15) is 18.3 Å². The number of nitrogens with zero attached hydrogens (tertiary/aromatic N) is 1. The summed E-state index contributed by atoms with van der Waals surface area (Å²) in [5.74, 6) is -2.86. The summed E-state index contributed by atoms with van der Waals surface area (Å²) in [4.78, 5) is 26.8. The van der Waals surface area contributed by atoms with Gasteiger partial charge in [-0.15, -0.1) is 0 Å². The number of Topliss-reactive ketones (excluding diaryl/α,β-unsaturated/α-hetero) is 1. The van der Waals surface area contributed by atoms with Gasteiger partial charge in [-0.1, -0.05) is 5.16 Å². The van der Waals surface area contributed by atoms with E-state index in [0.717, 1.165) is 6.07 Å². The molecule has 7 heteroatoms. The molecule has 1 heterocycles. The lowest BCUT2D eigenvalue weighted by atomic mass is 10.0. The molecular weight excluding hydrogens is 269 g/mol. The SMILES string of the molecule is O=C(O)CC(=O)CC1CC(c2ccc(O)c(F)c2)=NO1. The first-order valence-electron chi connectivity index (χ1n) is 5.91. The zero-order valence-corrected chi connectivity index (χ0v) is 10.4. The van der Waals surface area contributed by atoms with Gasteiger partial charge in [0.15, 0.2) is 11.6 Å². The molecule has 1 atom stereocenters. The fraction of sp³-hybridized carbons (Fsp3) is 0.308. The Kier molecular flexibility index (Phi) is 3.97. The molecule has 1 aliphatic rings. The van der Waals surface area contributed by atoms with Crippen LogP contribution in [0, 0.1) is 5.82 Å². The van der Waals surface area contributed by atoms with Crippen LogP contribution in [0.1, 0.15) is 24.8 Å². The first kappa shape index (κ1) is 14.0. The summed E-state index contributed by atoms with van der Waals surface area (Å²) < 4.78 is 13.2. The van der Waals surface area contributed by atoms with E-state index in [-0.39, 0.29) is 12.8 Å². The maximum absolute atomic E-state index is 13.2. The largest absolute Gasteiger partial charge is 0.505 e. The molecule has 0 radical (unpaired) electrons. The average Bonchev–Trinajstić information content (AvgIpc) is 2.80. The summed E-state index contributed by atoms with van der Waals surface area (Å²) in [7, 11) is 0. The topological polar surface area (TPSA) is 96.2 Å². The number of carbonyl (C=O) groups excluding carboxylic acids is 1. The van der Waals surface area contributed by atoms with Crippen molar-refractivity contribution in [1.82, 2.24) is 0 Å². The second-order valence-electron chi connectivity index (χ2n) is 4.45. The van der Waals surface area contributed by atoms with E-state index in [9.17, 15) is 14.0 Å². The van der Waals surface area contributed by atoms with Crippen molar-refractivity contribution in [2.45, 2.75) is 25.4 Å². The minimum atomic E-state index is -1.19. The molecule has 1 unspecified atom stereocenters. The molecule has 0 bridgehead atoms. The van der Waals surface area contributed by atoms with Crippen LogP contribution >= 0.6 is 0 Å². The van der Waals surface area contributed by atoms with Crippen molar-refractivity contribution < 1.29 is 29.0 Å². The van der Waals surface area contributed by atoms with Crippen LogP contribution < -0.4 is 0 Å². The number of carboxylic acids is 1. The van der Waals surface area contributed by atoms with Crippen LogP contribution in [0.15, 0.2) is 23.4 Å². The van der Waals surface area contributed by atoms with E-state index in [1.54, 1.807) is 0 Å². The highest BCUT2D eigenvalue weighted by Crippen LogP contribution is 2.23. The number of oxime groups is 1. The molecule has 0 saturated carbocycles. The Balaban J connectivity index is 1.96. The maximum atomic E-state index is 13.2. The molecule has 0 saturated heterocycles. The van der Waals surface area contributed by atoms with Crippen LogP contribution in [0.4, 0.5) is 4.39 Å². The van der Waals surface area contributed by atoms with Gasteiger partial charge >= 0.3 is 5.97 Å². The van der Waals surface area contributed by atoms with E-state index in [4.69, 9.17) is 15.1 Å². The molecule has 2 N–H and O–H groups in total. The van der Waals surface area contributed by atoms with Crippen molar-refractivity contribution in [2.24, 2.45) is 5.16 Å². The molecule has 106 valence electrons. The highest BCUT2D eigenvalue weighted by atomic mass is 19.1. The number of benzene rings is 1. The lowest BCUT2D eigenvalue weighted by Crippen LogP contribution is -2.16. The number of hydrogen-bond donors (Lipinski definition) is 2. The van der Waals surface area contributed by atoms with Crippen molar-refractivity contribution in [3.63, 3.8) is 0 Å². The third kappa shape index (κ3) is 3.31. The van der Waals surface area contributed by atoms with E-state index in [2.05, 4.69) is 5.16 Å². The van der Waals surface area contributed by atoms with Crippen molar-refractivity contribution in [2.75, 3.05) is 0 Å². The minimum Gasteiger partial charge on any atom is -0.505 e. The fourth-order valence-corrected chi connectivity index (χ4v) is 1.89. The van der Waals surface area contributed by atoms with E-state index in [1.165, 1.54) is 12.1 Å². The number of phenolic OH excluding ortho intramolecular Hbond substituents is 1. The molecule has 1 aliphatic heterocycles. The van der Waals surface area contributed by atoms with Crippen LogP contribution in [-0.2, 0) is 14.4 Å². The summed E-state index contributed by atoms with van der Waals surface area (Å²) in [5.41, 5.74) is 0.908. The molecular formula is C13H12FNO5. The molecule has 1 aromatic rings. The third-order valence-corrected chi connectivity index (χ3v) is 2.82. The molecule has 0 aliphatic carbocycles. The second kappa shape index (κ2) is 5.68. The van der Waals surface area contributed by atoms with Crippen molar-refractivity contribution in [3.8, 4) is 5.75 Å². The summed E-state index contributed by atoms with van der Waals surface area (Å²) in [6.45, 7) is 0. The number of halogens is 1. The molecule has 0 fully saturated rings. The Morgan fingerprint density at radius 3 is 2.85 bits per heavy atom. The molecule has 2 rings (SSSR count). The van der Waals surface area contributed by atoms with Crippen molar-refractivity contribution in [3.05, 3.63) is 29.6 Å². The van der Waals surface area contributed by atoms with Crippen molar-refractivity contribution >= 4 is 17.5 Å². The summed E-state index contributed by atoms with van der Waals surface area (Å²) in [6.07, 6.45) is -0.855. The molecule has 0 aromatic heterocycles. The van der Waals surface area contributed by atoms with Gasteiger partial charge in [0.2, 0.25) is 0 Å². The minimum absolute atomic E-state index is 0.0557.